The van der Waals surface area contributed by atoms with Crippen LogP contribution in [0.5, 0.6) is 5.75 Å². The Balaban J connectivity index is 2.00. The van der Waals surface area contributed by atoms with E-state index in [0.29, 0.717) is 10.2 Å². The number of hydrogen-bond donors (Lipinski definition) is 1. The number of sulfonamides is 1. The van der Waals surface area contributed by atoms with Gasteiger partial charge in [-0.1, -0.05) is 23.7 Å². The lowest BCUT2D eigenvalue weighted by Gasteiger charge is -2.15. The standard InChI is InChI=1S/C17H15BrClN3O3S2/c1-22-8-7-20-17(22)26-14-6-4-3-5-13(14)21-27(23,24)15-10-11(19)9-12(18)16(15)25-2/h3-10,21H,1-2H3. The van der Waals surface area contributed by atoms with Gasteiger partial charge in [0.1, 0.15) is 4.90 Å². The van der Waals surface area contributed by atoms with Crippen molar-refractivity contribution in [3.8, 4) is 5.75 Å². The Morgan fingerprint density at radius 2 is 2.04 bits per heavy atom. The van der Waals surface area contributed by atoms with Gasteiger partial charge in [0.15, 0.2) is 10.9 Å². The van der Waals surface area contributed by atoms with E-state index in [-0.39, 0.29) is 15.7 Å². The Hall–Kier alpha value is -1.68. The van der Waals surface area contributed by atoms with Crippen LogP contribution in [0.25, 0.3) is 0 Å². The summed E-state index contributed by atoms with van der Waals surface area (Å²) in [5, 5.41) is 1.02. The molecule has 10 heteroatoms. The van der Waals surface area contributed by atoms with Gasteiger partial charge in [-0.25, -0.2) is 13.4 Å². The summed E-state index contributed by atoms with van der Waals surface area (Å²) < 4.78 is 36.2. The molecule has 0 bridgehead atoms. The SMILES string of the molecule is COc1c(Br)cc(Cl)cc1S(=O)(=O)Nc1ccccc1Sc1nccn1C. The van der Waals surface area contributed by atoms with Crippen molar-refractivity contribution >= 4 is 55.0 Å². The first-order valence-corrected chi connectivity index (χ1v) is 11.1. The Labute approximate surface area is 175 Å². The molecule has 1 heterocycles. The second kappa shape index (κ2) is 8.14. The number of aryl methyl sites for hydroxylation is 1. The number of methoxy groups -OCH3 is 1. The van der Waals surface area contributed by atoms with Crippen LogP contribution in [-0.4, -0.2) is 25.1 Å². The largest absolute Gasteiger partial charge is 0.494 e. The smallest absolute Gasteiger partial charge is 0.265 e. The van der Waals surface area contributed by atoms with Gasteiger partial charge in [0.2, 0.25) is 0 Å². The van der Waals surface area contributed by atoms with Crippen molar-refractivity contribution < 1.29 is 13.2 Å². The molecule has 142 valence electrons. The zero-order chi connectivity index (χ0) is 19.6. The number of hydrogen-bond acceptors (Lipinski definition) is 5. The van der Waals surface area contributed by atoms with E-state index in [1.807, 2.05) is 29.9 Å². The second-order valence-electron chi connectivity index (χ2n) is 5.44. The number of rotatable bonds is 6. The van der Waals surface area contributed by atoms with Crippen molar-refractivity contribution in [2.75, 3.05) is 11.8 Å². The molecule has 1 aromatic heterocycles. The predicted molar refractivity (Wildman–Crippen MR) is 110 cm³/mol. The molecule has 27 heavy (non-hydrogen) atoms. The molecule has 0 aliphatic heterocycles. The normalized spacial score (nSPS) is 11.4. The van der Waals surface area contributed by atoms with E-state index in [4.69, 9.17) is 16.3 Å². The number of imidazole rings is 1. The molecule has 0 fully saturated rings. The molecule has 0 unspecified atom stereocenters. The quantitative estimate of drug-likeness (QED) is 0.540. The Kier molecular flexibility index (Phi) is 6.05. The zero-order valence-corrected chi connectivity index (χ0v) is 18.3. The summed E-state index contributed by atoms with van der Waals surface area (Å²) in [5.74, 6) is 0.182. The summed E-state index contributed by atoms with van der Waals surface area (Å²) in [5.41, 5.74) is 0.434. The first kappa shape index (κ1) is 20.1. The second-order valence-corrected chi connectivity index (χ2v) is 9.39. The van der Waals surface area contributed by atoms with Gasteiger partial charge >= 0.3 is 0 Å². The van der Waals surface area contributed by atoms with Crippen LogP contribution in [0, 0.1) is 0 Å². The van der Waals surface area contributed by atoms with E-state index in [2.05, 4.69) is 25.6 Å². The Morgan fingerprint density at radius 1 is 1.30 bits per heavy atom. The molecule has 0 spiro atoms. The topological polar surface area (TPSA) is 73.2 Å². The van der Waals surface area contributed by atoms with E-state index < -0.39 is 10.0 Å². The molecule has 0 atom stereocenters. The zero-order valence-electron chi connectivity index (χ0n) is 14.3. The number of para-hydroxylation sites is 1. The van der Waals surface area contributed by atoms with Gasteiger partial charge in [0.05, 0.1) is 17.3 Å². The summed E-state index contributed by atoms with van der Waals surface area (Å²) in [6.45, 7) is 0. The van der Waals surface area contributed by atoms with Crippen LogP contribution >= 0.6 is 39.3 Å². The fraction of sp³-hybridized carbons (Fsp3) is 0.118. The molecule has 1 N–H and O–H groups in total. The van der Waals surface area contributed by atoms with E-state index >= 15 is 0 Å². The van der Waals surface area contributed by atoms with Crippen molar-refractivity contribution in [3.63, 3.8) is 0 Å². The number of nitrogens with one attached hydrogen (secondary N) is 1. The molecule has 6 nitrogen and oxygen atoms in total. The molecule has 3 rings (SSSR count). The first-order valence-electron chi connectivity index (χ1n) is 7.62. The maximum Gasteiger partial charge on any atom is 0.265 e. The molecule has 0 amide bonds. The average molecular weight is 489 g/mol. The number of benzene rings is 2. The molecule has 0 aliphatic carbocycles. The monoisotopic (exact) mass is 487 g/mol. The number of ether oxygens (including phenoxy) is 1. The van der Waals surface area contributed by atoms with Crippen LogP contribution in [0.4, 0.5) is 5.69 Å². The van der Waals surface area contributed by atoms with Gasteiger partial charge in [0.25, 0.3) is 10.0 Å². The van der Waals surface area contributed by atoms with Gasteiger partial charge in [0, 0.05) is 29.4 Å². The van der Waals surface area contributed by atoms with Crippen LogP contribution in [0.15, 0.2) is 68.2 Å². The summed E-state index contributed by atoms with van der Waals surface area (Å²) in [6.07, 6.45) is 3.51. The van der Waals surface area contributed by atoms with E-state index in [0.717, 1.165) is 10.1 Å². The highest BCUT2D eigenvalue weighted by Crippen LogP contribution is 2.38. The average Bonchev–Trinajstić information content (AvgIpc) is 3.01. The number of halogens is 2. The van der Waals surface area contributed by atoms with Gasteiger partial charge in [-0.2, -0.15) is 0 Å². The van der Waals surface area contributed by atoms with Gasteiger partial charge in [-0.3, -0.25) is 4.72 Å². The maximum absolute atomic E-state index is 13.0. The number of aromatic nitrogens is 2. The van der Waals surface area contributed by atoms with Crippen LogP contribution < -0.4 is 9.46 Å². The minimum absolute atomic E-state index is 0.0545. The highest BCUT2D eigenvalue weighted by molar-refractivity contribution is 9.10. The van der Waals surface area contributed by atoms with Crippen molar-refractivity contribution in [2.24, 2.45) is 7.05 Å². The highest BCUT2D eigenvalue weighted by Gasteiger charge is 2.24. The summed E-state index contributed by atoms with van der Waals surface area (Å²) in [7, 11) is -0.670. The lowest BCUT2D eigenvalue weighted by Crippen LogP contribution is -2.15. The van der Waals surface area contributed by atoms with Crippen LogP contribution in [0.1, 0.15) is 0 Å². The molecule has 0 radical (unpaired) electrons. The summed E-state index contributed by atoms with van der Waals surface area (Å²) in [6, 6.07) is 10.0. The molecule has 0 saturated heterocycles. The third-order valence-corrected chi connectivity index (χ3v) is 6.91. The van der Waals surface area contributed by atoms with Gasteiger partial charge < -0.3 is 9.30 Å². The van der Waals surface area contributed by atoms with Crippen LogP contribution in [-0.2, 0) is 17.1 Å². The molecule has 2 aromatic carbocycles. The molecule has 3 aromatic rings. The fourth-order valence-corrected chi connectivity index (χ4v) is 5.74. The van der Waals surface area contributed by atoms with E-state index in [1.165, 1.54) is 24.9 Å². The number of anilines is 1. The van der Waals surface area contributed by atoms with Crippen molar-refractivity contribution in [1.82, 2.24) is 9.55 Å². The number of nitrogens with zero attached hydrogens (tertiary/aromatic N) is 2. The van der Waals surface area contributed by atoms with Crippen molar-refractivity contribution in [2.45, 2.75) is 14.9 Å². The predicted octanol–water partition coefficient (Wildman–Crippen LogP) is 4.80. The molecule has 0 aliphatic rings. The van der Waals surface area contributed by atoms with Crippen molar-refractivity contribution in [3.05, 3.63) is 58.3 Å². The van der Waals surface area contributed by atoms with Gasteiger partial charge in [-0.05, 0) is 52.0 Å². The first-order chi connectivity index (χ1) is 12.8. The Bertz CT molecular complexity index is 1090. The third-order valence-electron chi connectivity index (χ3n) is 3.58. The summed E-state index contributed by atoms with van der Waals surface area (Å²) in [4.78, 5) is 4.93. The molecular formula is C17H15BrClN3O3S2. The lowest BCUT2D eigenvalue weighted by molar-refractivity contribution is 0.400. The minimum Gasteiger partial charge on any atom is -0.494 e. The van der Waals surface area contributed by atoms with E-state index in [1.54, 1.807) is 24.4 Å². The summed E-state index contributed by atoms with van der Waals surface area (Å²) >= 11 is 10.7. The third kappa shape index (κ3) is 4.43. The lowest BCUT2D eigenvalue weighted by atomic mass is 10.3. The maximum atomic E-state index is 13.0. The highest BCUT2D eigenvalue weighted by atomic mass is 79.9. The molecule has 0 saturated carbocycles. The van der Waals surface area contributed by atoms with E-state index in [9.17, 15) is 8.42 Å². The van der Waals surface area contributed by atoms with Gasteiger partial charge in [-0.15, -0.1) is 0 Å². The fourth-order valence-electron chi connectivity index (χ4n) is 2.32. The van der Waals surface area contributed by atoms with Crippen LogP contribution in [0.3, 0.4) is 0 Å². The van der Waals surface area contributed by atoms with Crippen molar-refractivity contribution in [1.29, 1.82) is 0 Å². The van der Waals surface area contributed by atoms with Crippen LogP contribution in [0.2, 0.25) is 5.02 Å². The molecular weight excluding hydrogens is 474 g/mol. The minimum atomic E-state index is -3.94. The Morgan fingerprint density at radius 3 is 2.70 bits per heavy atom.